The van der Waals surface area contributed by atoms with Crippen LogP contribution in [0.5, 0.6) is 11.5 Å². The lowest BCUT2D eigenvalue weighted by Crippen LogP contribution is -2.49. The van der Waals surface area contributed by atoms with Gasteiger partial charge < -0.3 is 28.0 Å². The number of rotatable bonds is 2. The van der Waals surface area contributed by atoms with Crippen molar-refractivity contribution in [2.45, 2.75) is 43.7 Å². The van der Waals surface area contributed by atoms with E-state index >= 15 is 0 Å². The first kappa shape index (κ1) is 28.1. The largest absolute Gasteiger partial charge is 0.424 e. The number of fused-ring (bicyclic) bond motifs is 4. The van der Waals surface area contributed by atoms with E-state index in [4.69, 9.17) is 41.5 Å². The summed E-state index contributed by atoms with van der Waals surface area (Å²) >= 11 is 0. The SMILES string of the molecule is c1ccc2c(c1)OP13=NP4(=NP(N5CCC6(CC5)OCCO6)(N5CCC6(CC5)OCCO6)=N1)Oc1ccccc1N4CCCN23. The van der Waals surface area contributed by atoms with Crippen molar-refractivity contribution in [2.24, 2.45) is 13.5 Å². The zero-order valence-electron chi connectivity index (χ0n) is 25.1. The van der Waals surface area contributed by atoms with Gasteiger partial charge in [0.1, 0.15) is 0 Å². The highest BCUT2D eigenvalue weighted by atomic mass is 31.3. The summed E-state index contributed by atoms with van der Waals surface area (Å²) in [5.74, 6) is 0.665. The predicted octanol–water partition coefficient (Wildman–Crippen LogP) is 6.72. The molecule has 10 rings (SSSR count). The van der Waals surface area contributed by atoms with Crippen LogP contribution < -0.4 is 18.4 Å². The Morgan fingerprint density at radius 1 is 0.533 bits per heavy atom. The Labute approximate surface area is 263 Å². The lowest BCUT2D eigenvalue weighted by atomic mass is 10.1. The monoisotopic (exact) mass is 673 g/mol. The molecule has 2 unspecified atom stereocenters. The average Bonchev–Trinajstić information content (AvgIpc) is 3.83. The van der Waals surface area contributed by atoms with Crippen molar-refractivity contribution in [2.75, 3.05) is 75.0 Å². The van der Waals surface area contributed by atoms with Crippen molar-refractivity contribution < 1.29 is 28.0 Å². The van der Waals surface area contributed by atoms with E-state index in [1.54, 1.807) is 0 Å². The van der Waals surface area contributed by atoms with E-state index in [9.17, 15) is 0 Å². The van der Waals surface area contributed by atoms with Gasteiger partial charge in [0.05, 0.1) is 37.8 Å². The summed E-state index contributed by atoms with van der Waals surface area (Å²) in [6.45, 7) is 7.22. The fourth-order valence-corrected chi connectivity index (χ4v) is 21.6. The van der Waals surface area contributed by atoms with Gasteiger partial charge in [0, 0.05) is 65.0 Å². The molecule has 4 fully saturated rings. The molecule has 0 amide bonds. The smallest absolute Gasteiger partial charge is 0.363 e. The van der Waals surface area contributed by atoms with Crippen LogP contribution in [0.25, 0.3) is 0 Å². The van der Waals surface area contributed by atoms with Gasteiger partial charge in [0.25, 0.3) is 0 Å². The molecule has 0 saturated carbocycles. The van der Waals surface area contributed by atoms with Gasteiger partial charge >= 0.3 is 15.2 Å². The van der Waals surface area contributed by atoms with Crippen LogP contribution in [0.1, 0.15) is 32.1 Å². The van der Waals surface area contributed by atoms with E-state index < -0.39 is 34.2 Å². The molecule has 0 N–H and O–H groups in total. The first-order valence-electron chi connectivity index (χ1n) is 16.2. The van der Waals surface area contributed by atoms with Gasteiger partial charge in [0.15, 0.2) is 23.1 Å². The summed E-state index contributed by atoms with van der Waals surface area (Å²) in [5, 5.41) is 0. The maximum atomic E-state index is 7.07. The minimum atomic E-state index is -2.97. The van der Waals surface area contributed by atoms with Gasteiger partial charge in [0.2, 0.25) is 7.51 Å². The van der Waals surface area contributed by atoms with Crippen molar-refractivity contribution in [3.63, 3.8) is 0 Å². The minimum Gasteiger partial charge on any atom is -0.424 e. The third-order valence-corrected chi connectivity index (χ3v) is 21.1. The van der Waals surface area contributed by atoms with E-state index in [2.05, 4.69) is 55.1 Å². The highest BCUT2D eigenvalue weighted by molar-refractivity contribution is 7.84. The van der Waals surface area contributed by atoms with Gasteiger partial charge in [-0.2, -0.15) is 9.03 Å². The summed E-state index contributed by atoms with van der Waals surface area (Å²) in [7, 11) is -8.77. The van der Waals surface area contributed by atoms with Crippen LogP contribution >= 0.6 is 22.7 Å². The Morgan fingerprint density at radius 3 is 1.47 bits per heavy atom. The predicted molar refractivity (Wildman–Crippen MR) is 172 cm³/mol. The summed E-state index contributed by atoms with van der Waals surface area (Å²) < 4.78 is 66.2. The van der Waals surface area contributed by atoms with E-state index in [1.807, 2.05) is 12.1 Å². The third-order valence-electron chi connectivity index (χ3n) is 10.2. The number of hydrogen-bond acceptors (Lipinski definition) is 13. The van der Waals surface area contributed by atoms with Crippen molar-refractivity contribution >= 4 is 34.0 Å². The second-order valence-corrected chi connectivity index (χ2v) is 20.4. The maximum Gasteiger partial charge on any atom is 0.363 e. The van der Waals surface area contributed by atoms with Crippen LogP contribution in [0, 0.1) is 0 Å². The lowest BCUT2D eigenvalue weighted by Gasteiger charge is -2.50. The van der Waals surface area contributed by atoms with Crippen molar-refractivity contribution in [3.05, 3.63) is 48.5 Å². The Kier molecular flexibility index (Phi) is 6.28. The molecule has 2 bridgehead atoms. The Bertz CT molecular complexity index is 1610. The normalized spacial score (nSPS) is 33.9. The molecule has 2 aromatic rings. The van der Waals surface area contributed by atoms with Crippen LogP contribution in [0.3, 0.4) is 0 Å². The van der Waals surface area contributed by atoms with Gasteiger partial charge in [-0.15, -0.1) is 4.52 Å². The number of benzene rings is 2. The molecule has 0 aliphatic carbocycles. The molecule has 16 heteroatoms. The Hall–Kier alpha value is -1.91. The standard InChI is InChI=1S/C29H38N7O6P3/c1-3-8-26-24(6-1)35-14-5-15-36-25-7-2-4-9-27(25)42-45(36)31-43(30-44(35,32-45)41-26,33-16-10-28(11-17-33)37-20-21-38-28)34-18-12-29(13-19-34)39-22-23-40-29/h1-4,6-9H,5,10-23H2. The lowest BCUT2D eigenvalue weighted by molar-refractivity contribution is -0.182. The van der Waals surface area contributed by atoms with Crippen molar-refractivity contribution in [3.8, 4) is 11.5 Å². The van der Waals surface area contributed by atoms with Crippen LogP contribution in [0.2, 0.25) is 0 Å². The second-order valence-electron chi connectivity index (χ2n) is 12.7. The number of anilines is 2. The molecule has 2 aromatic carbocycles. The first-order chi connectivity index (χ1) is 22.0. The zero-order valence-corrected chi connectivity index (χ0v) is 27.8. The molecule has 8 aliphatic heterocycles. The van der Waals surface area contributed by atoms with Gasteiger partial charge in [-0.25, -0.2) is 9.34 Å². The van der Waals surface area contributed by atoms with Crippen LogP contribution in [-0.2, 0) is 18.9 Å². The van der Waals surface area contributed by atoms with E-state index in [-0.39, 0.29) is 0 Å². The molecule has 13 nitrogen and oxygen atoms in total. The Balaban J connectivity index is 1.19. The molecule has 2 atom stereocenters. The molecule has 0 aromatic heterocycles. The maximum absolute atomic E-state index is 7.07. The van der Waals surface area contributed by atoms with Crippen LogP contribution in [-0.4, -0.2) is 86.6 Å². The van der Waals surface area contributed by atoms with Crippen molar-refractivity contribution in [1.29, 1.82) is 0 Å². The van der Waals surface area contributed by atoms with Gasteiger partial charge in [-0.05, 0) is 30.7 Å². The van der Waals surface area contributed by atoms with Gasteiger partial charge in [-0.3, -0.25) is 9.34 Å². The molecule has 45 heavy (non-hydrogen) atoms. The highest BCUT2D eigenvalue weighted by Gasteiger charge is 2.58. The highest BCUT2D eigenvalue weighted by Crippen LogP contribution is 2.86. The van der Waals surface area contributed by atoms with Gasteiger partial charge in [-0.1, -0.05) is 24.3 Å². The molecule has 4 spiro atoms. The summed E-state index contributed by atoms with van der Waals surface area (Å²) in [6, 6.07) is 16.6. The molecule has 240 valence electrons. The molecule has 4 saturated heterocycles. The molecular weight excluding hydrogens is 635 g/mol. The minimum absolute atomic E-state index is 0.512. The van der Waals surface area contributed by atoms with Crippen LogP contribution in [0.15, 0.2) is 62.1 Å². The van der Waals surface area contributed by atoms with Crippen LogP contribution in [0.4, 0.5) is 11.4 Å². The molecule has 0 radical (unpaired) electrons. The first-order valence-corrected chi connectivity index (χ1v) is 20.9. The number of ether oxygens (including phenoxy) is 4. The molecule has 8 heterocycles. The van der Waals surface area contributed by atoms with Crippen molar-refractivity contribution in [1.82, 2.24) is 9.34 Å². The third kappa shape index (κ3) is 4.12. The fraction of sp³-hybridized carbons (Fsp3) is 0.586. The topological polar surface area (TPSA) is 105 Å². The summed E-state index contributed by atoms with van der Waals surface area (Å²) in [4.78, 5) is 0. The fourth-order valence-electron chi connectivity index (χ4n) is 7.98. The van der Waals surface area contributed by atoms with E-state index in [1.165, 1.54) is 0 Å². The quantitative estimate of drug-likeness (QED) is 0.319. The molecular formula is C29H38N7O6P3. The van der Waals surface area contributed by atoms with E-state index in [0.717, 1.165) is 94.2 Å². The number of nitrogens with zero attached hydrogens (tertiary/aromatic N) is 7. The zero-order chi connectivity index (χ0) is 29.7. The summed E-state index contributed by atoms with van der Waals surface area (Å²) in [6.07, 6.45) is 4.01. The second kappa shape index (κ2) is 10.0. The number of hydrogen-bond donors (Lipinski definition) is 0. The average molecular weight is 674 g/mol. The molecule has 8 aliphatic rings. The van der Waals surface area contributed by atoms with E-state index in [0.29, 0.717) is 26.4 Å². The number of para-hydroxylation sites is 4. The number of piperidine rings is 2. The Morgan fingerprint density at radius 2 is 0.978 bits per heavy atom. The summed E-state index contributed by atoms with van der Waals surface area (Å²) in [5.41, 5.74) is 2.13.